The van der Waals surface area contributed by atoms with Crippen LogP contribution in [0.3, 0.4) is 0 Å². The molecule has 2 N–H and O–H groups in total. The van der Waals surface area contributed by atoms with E-state index in [1.165, 1.54) is 6.08 Å². The lowest BCUT2D eigenvalue weighted by molar-refractivity contribution is 0.594. The molecule has 1 aromatic rings. The Morgan fingerprint density at radius 2 is 1.85 bits per heavy atom. The van der Waals surface area contributed by atoms with Gasteiger partial charge in [0.2, 0.25) is 0 Å². The Labute approximate surface area is 122 Å². The van der Waals surface area contributed by atoms with Gasteiger partial charge in [-0.1, -0.05) is 24.3 Å². The molecule has 0 aromatic heterocycles. The van der Waals surface area contributed by atoms with E-state index in [0.717, 1.165) is 0 Å². The van der Waals surface area contributed by atoms with E-state index in [9.17, 15) is 16.8 Å². The molecule has 6 nitrogen and oxygen atoms in total. The van der Waals surface area contributed by atoms with E-state index in [-0.39, 0.29) is 15.8 Å². The van der Waals surface area contributed by atoms with E-state index in [1.807, 2.05) is 6.07 Å². The van der Waals surface area contributed by atoms with E-state index in [1.54, 1.807) is 24.3 Å². The SMILES string of the molecule is O=S1(=O)CC=C(S(=O)(=O)NC(=S)Nc2ccccc2)C1. The van der Waals surface area contributed by atoms with Crippen LogP contribution in [-0.4, -0.2) is 33.5 Å². The van der Waals surface area contributed by atoms with Gasteiger partial charge in [-0.05, 0) is 24.4 Å². The van der Waals surface area contributed by atoms with Crippen molar-refractivity contribution in [2.24, 2.45) is 0 Å². The summed E-state index contributed by atoms with van der Waals surface area (Å²) in [6, 6.07) is 8.80. The molecule has 0 radical (unpaired) electrons. The fourth-order valence-corrected chi connectivity index (χ4v) is 5.17. The molecule has 20 heavy (non-hydrogen) atoms. The first-order valence-corrected chi connectivity index (χ1v) is 9.28. The summed E-state index contributed by atoms with van der Waals surface area (Å²) in [6.07, 6.45) is 1.18. The molecule has 0 aliphatic carbocycles. The van der Waals surface area contributed by atoms with Crippen molar-refractivity contribution in [2.75, 3.05) is 16.8 Å². The predicted molar refractivity (Wildman–Crippen MR) is 81.5 cm³/mol. The van der Waals surface area contributed by atoms with Gasteiger partial charge in [-0.2, -0.15) is 0 Å². The highest BCUT2D eigenvalue weighted by atomic mass is 32.2. The second kappa shape index (κ2) is 5.51. The second-order valence-electron chi connectivity index (χ2n) is 4.15. The first kappa shape index (κ1) is 14.9. The minimum Gasteiger partial charge on any atom is -0.332 e. The van der Waals surface area contributed by atoms with Crippen LogP contribution in [0.5, 0.6) is 0 Å². The van der Waals surface area contributed by atoms with Crippen molar-refractivity contribution < 1.29 is 16.8 Å². The van der Waals surface area contributed by atoms with Crippen molar-refractivity contribution in [3.63, 3.8) is 0 Å². The van der Waals surface area contributed by atoms with Crippen LogP contribution in [0, 0.1) is 0 Å². The highest BCUT2D eigenvalue weighted by molar-refractivity contribution is 7.98. The Morgan fingerprint density at radius 3 is 2.40 bits per heavy atom. The molecule has 9 heteroatoms. The van der Waals surface area contributed by atoms with Gasteiger partial charge < -0.3 is 5.32 Å². The number of hydrogen-bond acceptors (Lipinski definition) is 5. The van der Waals surface area contributed by atoms with Crippen molar-refractivity contribution in [1.82, 2.24) is 4.72 Å². The summed E-state index contributed by atoms with van der Waals surface area (Å²) in [5, 5.41) is 2.60. The number of nitrogens with one attached hydrogen (secondary N) is 2. The van der Waals surface area contributed by atoms with Crippen LogP contribution < -0.4 is 10.0 Å². The summed E-state index contributed by atoms with van der Waals surface area (Å²) < 4.78 is 48.6. The number of para-hydroxylation sites is 1. The van der Waals surface area contributed by atoms with Gasteiger partial charge in [0.05, 0.1) is 16.4 Å². The van der Waals surface area contributed by atoms with Crippen molar-refractivity contribution in [1.29, 1.82) is 0 Å². The Bertz CT molecular complexity index is 752. The van der Waals surface area contributed by atoms with E-state index in [2.05, 4.69) is 10.0 Å². The molecule has 1 heterocycles. The van der Waals surface area contributed by atoms with Gasteiger partial charge in [0.15, 0.2) is 14.9 Å². The molecule has 0 unspecified atom stereocenters. The van der Waals surface area contributed by atoms with Crippen LogP contribution in [0.15, 0.2) is 41.3 Å². The minimum absolute atomic E-state index is 0.110. The summed E-state index contributed by atoms with van der Waals surface area (Å²) in [6.45, 7) is 0. The fraction of sp³-hybridized carbons (Fsp3) is 0.182. The molecule has 0 saturated carbocycles. The molecule has 0 amide bonds. The maximum atomic E-state index is 11.9. The van der Waals surface area contributed by atoms with Crippen LogP contribution in [0.25, 0.3) is 0 Å². The van der Waals surface area contributed by atoms with Crippen LogP contribution in [0.4, 0.5) is 5.69 Å². The number of rotatable bonds is 3. The van der Waals surface area contributed by atoms with Gasteiger partial charge in [-0.25, -0.2) is 16.8 Å². The molecule has 2 rings (SSSR count). The van der Waals surface area contributed by atoms with Crippen molar-refractivity contribution in [2.45, 2.75) is 0 Å². The molecule has 0 spiro atoms. The van der Waals surface area contributed by atoms with E-state index >= 15 is 0 Å². The maximum Gasteiger partial charge on any atom is 0.260 e. The number of thiocarbonyl (C=S) groups is 1. The Kier molecular flexibility index (Phi) is 4.11. The normalized spacial score (nSPS) is 17.3. The number of hydrogen-bond donors (Lipinski definition) is 2. The number of anilines is 1. The predicted octanol–water partition coefficient (Wildman–Crippen LogP) is 0.615. The lowest BCUT2D eigenvalue weighted by atomic mass is 10.3. The van der Waals surface area contributed by atoms with Crippen molar-refractivity contribution in [3.8, 4) is 0 Å². The summed E-state index contributed by atoms with van der Waals surface area (Å²) in [7, 11) is -7.27. The van der Waals surface area contributed by atoms with Crippen LogP contribution in [0.2, 0.25) is 0 Å². The zero-order chi connectivity index (χ0) is 14.8. The average Bonchev–Trinajstić information content (AvgIpc) is 2.71. The first-order chi connectivity index (χ1) is 9.28. The molecule has 0 atom stereocenters. The van der Waals surface area contributed by atoms with Gasteiger partial charge in [-0.15, -0.1) is 0 Å². The van der Waals surface area contributed by atoms with E-state index in [4.69, 9.17) is 12.2 Å². The maximum absolute atomic E-state index is 11.9. The summed E-state index contributed by atoms with van der Waals surface area (Å²) in [5.41, 5.74) is 0.633. The van der Waals surface area contributed by atoms with Crippen molar-refractivity contribution >= 4 is 42.9 Å². The molecular formula is C11H12N2O4S3. The molecule has 1 aromatic carbocycles. The minimum atomic E-state index is -3.92. The van der Waals surface area contributed by atoms with Gasteiger partial charge in [-0.3, -0.25) is 4.72 Å². The molecule has 108 valence electrons. The third kappa shape index (κ3) is 3.78. The lowest BCUT2D eigenvalue weighted by Crippen LogP contribution is -2.35. The third-order valence-electron chi connectivity index (χ3n) is 2.53. The van der Waals surface area contributed by atoms with Crippen molar-refractivity contribution in [3.05, 3.63) is 41.3 Å². The van der Waals surface area contributed by atoms with Crippen LogP contribution in [0.1, 0.15) is 0 Å². The number of benzene rings is 1. The molecule has 0 saturated heterocycles. The summed E-state index contributed by atoms with van der Waals surface area (Å²) in [5.74, 6) is -0.752. The zero-order valence-corrected chi connectivity index (χ0v) is 12.7. The Morgan fingerprint density at radius 1 is 1.20 bits per heavy atom. The lowest BCUT2D eigenvalue weighted by Gasteiger charge is -2.11. The molecule has 1 aliphatic rings. The zero-order valence-electron chi connectivity index (χ0n) is 10.2. The van der Waals surface area contributed by atoms with Gasteiger partial charge >= 0.3 is 0 Å². The van der Waals surface area contributed by atoms with Crippen LogP contribution in [-0.2, 0) is 19.9 Å². The standard InChI is InChI=1S/C11H12N2O4S3/c14-19(15)7-6-10(8-19)20(16,17)13-11(18)12-9-4-2-1-3-5-9/h1-6H,7-8H2,(H2,12,13,18). The number of sulfone groups is 1. The number of sulfonamides is 1. The summed E-state index contributed by atoms with van der Waals surface area (Å²) >= 11 is 4.90. The smallest absolute Gasteiger partial charge is 0.260 e. The van der Waals surface area contributed by atoms with Gasteiger partial charge in [0.25, 0.3) is 10.0 Å². The highest BCUT2D eigenvalue weighted by Crippen LogP contribution is 2.16. The average molecular weight is 332 g/mol. The van der Waals surface area contributed by atoms with E-state index < -0.39 is 25.6 Å². The Balaban J connectivity index is 2.04. The molecule has 0 bridgehead atoms. The quantitative estimate of drug-likeness (QED) is 0.788. The largest absolute Gasteiger partial charge is 0.332 e. The van der Waals surface area contributed by atoms with Gasteiger partial charge in [0.1, 0.15) is 0 Å². The topological polar surface area (TPSA) is 92.3 Å². The molecule has 1 aliphatic heterocycles. The second-order valence-corrected chi connectivity index (χ2v) is 8.40. The third-order valence-corrected chi connectivity index (χ3v) is 5.95. The monoisotopic (exact) mass is 332 g/mol. The summed E-state index contributed by atoms with van der Waals surface area (Å²) in [4.78, 5) is -0.172. The first-order valence-electron chi connectivity index (χ1n) is 5.57. The highest BCUT2D eigenvalue weighted by Gasteiger charge is 2.29. The molecule has 0 fully saturated rings. The van der Waals surface area contributed by atoms with Crippen LogP contribution >= 0.6 is 12.2 Å². The van der Waals surface area contributed by atoms with Gasteiger partial charge in [0, 0.05) is 5.69 Å². The fourth-order valence-electron chi connectivity index (χ4n) is 1.61. The molecular weight excluding hydrogens is 320 g/mol. The van der Waals surface area contributed by atoms with E-state index in [0.29, 0.717) is 5.69 Å². The Hall–Kier alpha value is -1.45.